The Morgan fingerprint density at radius 2 is 2.46 bits per heavy atom. The molecule has 1 aliphatic heterocycles. The number of nitrogens with zero attached hydrogens (tertiary/aromatic N) is 1. The molecule has 2 nitrogen and oxygen atoms in total. The van der Waals surface area contributed by atoms with Gasteiger partial charge in [0.25, 0.3) is 0 Å². The highest BCUT2D eigenvalue weighted by Crippen LogP contribution is 2.19. The van der Waals surface area contributed by atoms with E-state index in [2.05, 4.69) is 24.0 Å². The quantitative estimate of drug-likeness (QED) is 0.778. The summed E-state index contributed by atoms with van der Waals surface area (Å²) in [4.78, 5) is 5.31. The van der Waals surface area contributed by atoms with Crippen molar-refractivity contribution in [2.24, 2.45) is 5.73 Å². The highest BCUT2D eigenvalue weighted by atomic mass is 32.1. The van der Waals surface area contributed by atoms with Crippen LogP contribution in [0, 0.1) is 6.92 Å². The fourth-order valence-electron chi connectivity index (χ4n) is 1.80. The van der Waals surface area contributed by atoms with E-state index < -0.39 is 0 Å². The van der Waals surface area contributed by atoms with Crippen molar-refractivity contribution in [2.75, 3.05) is 13.1 Å². The predicted molar refractivity (Wildman–Crippen MR) is 56.9 cm³/mol. The molecule has 0 saturated carbocycles. The van der Waals surface area contributed by atoms with Crippen molar-refractivity contribution in [3.8, 4) is 0 Å². The minimum atomic E-state index is 0.404. The maximum atomic E-state index is 5.85. The zero-order valence-corrected chi connectivity index (χ0v) is 8.81. The third-order valence-corrected chi connectivity index (χ3v) is 3.47. The first-order valence-corrected chi connectivity index (χ1v) is 5.59. The van der Waals surface area contributed by atoms with Gasteiger partial charge in [-0.3, -0.25) is 4.90 Å². The molecule has 1 aliphatic rings. The molecule has 72 valence electrons. The van der Waals surface area contributed by atoms with Gasteiger partial charge in [0.15, 0.2) is 0 Å². The average molecular weight is 196 g/mol. The van der Waals surface area contributed by atoms with E-state index in [4.69, 9.17) is 5.73 Å². The molecule has 0 aliphatic carbocycles. The molecule has 2 heterocycles. The van der Waals surface area contributed by atoms with Gasteiger partial charge in [-0.2, -0.15) is 0 Å². The summed E-state index contributed by atoms with van der Waals surface area (Å²) in [6, 6.07) is 4.82. The molecule has 1 saturated heterocycles. The van der Waals surface area contributed by atoms with Gasteiger partial charge < -0.3 is 5.73 Å². The fraction of sp³-hybridized carbons (Fsp3) is 0.600. The molecule has 3 heteroatoms. The smallest absolute Gasteiger partial charge is 0.0328 e. The number of likely N-dealkylation sites (tertiary alicyclic amines) is 1. The van der Waals surface area contributed by atoms with Gasteiger partial charge in [-0.05, 0) is 25.5 Å². The second-order valence-corrected chi connectivity index (χ2v) is 5.17. The van der Waals surface area contributed by atoms with Crippen molar-refractivity contribution in [2.45, 2.75) is 25.9 Å². The third kappa shape index (κ3) is 2.30. The molecule has 0 amide bonds. The Morgan fingerprint density at radius 3 is 3.00 bits per heavy atom. The van der Waals surface area contributed by atoms with Gasteiger partial charge in [0.05, 0.1) is 0 Å². The largest absolute Gasteiger partial charge is 0.326 e. The van der Waals surface area contributed by atoms with Crippen LogP contribution in [0.25, 0.3) is 0 Å². The Labute approximate surface area is 83.4 Å². The van der Waals surface area contributed by atoms with Gasteiger partial charge in [0.1, 0.15) is 0 Å². The van der Waals surface area contributed by atoms with E-state index in [1.165, 1.54) is 9.75 Å². The number of aryl methyl sites for hydroxylation is 1. The number of thiophene rings is 1. The molecule has 2 rings (SSSR count). The van der Waals surface area contributed by atoms with Crippen molar-refractivity contribution in [3.63, 3.8) is 0 Å². The van der Waals surface area contributed by atoms with Crippen LogP contribution in [-0.4, -0.2) is 24.0 Å². The zero-order valence-electron chi connectivity index (χ0n) is 7.99. The van der Waals surface area contributed by atoms with Crippen LogP contribution < -0.4 is 5.73 Å². The predicted octanol–water partition coefficient (Wildman–Crippen LogP) is 1.59. The van der Waals surface area contributed by atoms with Gasteiger partial charge in [-0.1, -0.05) is 0 Å². The van der Waals surface area contributed by atoms with Crippen LogP contribution in [0.15, 0.2) is 12.1 Å². The Bertz CT molecular complexity index is 282. The van der Waals surface area contributed by atoms with Gasteiger partial charge in [0, 0.05) is 35.4 Å². The normalized spacial score (nSPS) is 24.0. The lowest BCUT2D eigenvalue weighted by Gasteiger charge is -2.13. The van der Waals surface area contributed by atoms with E-state index in [0.29, 0.717) is 6.04 Å². The summed E-state index contributed by atoms with van der Waals surface area (Å²) in [5.41, 5.74) is 5.85. The highest BCUT2D eigenvalue weighted by molar-refractivity contribution is 7.11. The van der Waals surface area contributed by atoms with E-state index >= 15 is 0 Å². The minimum Gasteiger partial charge on any atom is -0.326 e. The molecular weight excluding hydrogens is 180 g/mol. The van der Waals surface area contributed by atoms with Crippen LogP contribution in [0.3, 0.4) is 0 Å². The lowest BCUT2D eigenvalue weighted by Crippen LogP contribution is -2.25. The molecule has 2 N–H and O–H groups in total. The fourth-order valence-corrected chi connectivity index (χ4v) is 2.73. The van der Waals surface area contributed by atoms with Crippen molar-refractivity contribution in [1.82, 2.24) is 4.90 Å². The maximum absolute atomic E-state index is 5.85. The van der Waals surface area contributed by atoms with Crippen LogP contribution in [0.2, 0.25) is 0 Å². The number of hydrogen-bond acceptors (Lipinski definition) is 3. The molecule has 1 unspecified atom stereocenters. The van der Waals surface area contributed by atoms with Crippen molar-refractivity contribution in [3.05, 3.63) is 21.9 Å². The molecule has 13 heavy (non-hydrogen) atoms. The Hall–Kier alpha value is -0.380. The number of nitrogens with two attached hydrogens (primary N) is 1. The zero-order chi connectivity index (χ0) is 9.26. The molecule has 0 bridgehead atoms. The molecule has 1 atom stereocenters. The summed E-state index contributed by atoms with van der Waals surface area (Å²) in [6.07, 6.45) is 1.16. The molecular formula is C10H16N2S. The molecule has 0 spiro atoms. The summed E-state index contributed by atoms with van der Waals surface area (Å²) in [5.74, 6) is 0. The van der Waals surface area contributed by atoms with Crippen LogP contribution in [-0.2, 0) is 6.54 Å². The Morgan fingerprint density at radius 1 is 1.62 bits per heavy atom. The van der Waals surface area contributed by atoms with Crippen LogP contribution in [0.1, 0.15) is 16.2 Å². The van der Waals surface area contributed by atoms with E-state index in [1.807, 2.05) is 11.3 Å². The van der Waals surface area contributed by atoms with E-state index in [9.17, 15) is 0 Å². The van der Waals surface area contributed by atoms with Crippen molar-refractivity contribution in [1.29, 1.82) is 0 Å². The maximum Gasteiger partial charge on any atom is 0.0328 e. The van der Waals surface area contributed by atoms with Crippen LogP contribution >= 0.6 is 11.3 Å². The Balaban J connectivity index is 1.91. The monoisotopic (exact) mass is 196 g/mol. The summed E-state index contributed by atoms with van der Waals surface area (Å²) in [5, 5.41) is 0. The first-order chi connectivity index (χ1) is 6.24. The number of hydrogen-bond donors (Lipinski definition) is 1. The summed E-state index contributed by atoms with van der Waals surface area (Å²) < 4.78 is 0. The second kappa shape index (κ2) is 3.78. The second-order valence-electron chi connectivity index (χ2n) is 3.80. The van der Waals surface area contributed by atoms with Crippen molar-refractivity contribution < 1.29 is 0 Å². The number of rotatable bonds is 2. The van der Waals surface area contributed by atoms with E-state index in [0.717, 1.165) is 26.1 Å². The van der Waals surface area contributed by atoms with Gasteiger partial charge in [0.2, 0.25) is 0 Å². The Kier molecular flexibility index (Phi) is 2.67. The molecule has 1 fully saturated rings. The molecule has 1 aromatic heterocycles. The van der Waals surface area contributed by atoms with E-state index in [-0.39, 0.29) is 0 Å². The van der Waals surface area contributed by atoms with Gasteiger partial charge in [-0.25, -0.2) is 0 Å². The first kappa shape index (κ1) is 9.19. The molecule has 0 radical (unpaired) electrons. The van der Waals surface area contributed by atoms with Crippen LogP contribution in [0.5, 0.6) is 0 Å². The first-order valence-electron chi connectivity index (χ1n) is 4.77. The molecule has 0 aromatic carbocycles. The SMILES string of the molecule is Cc1ccc(CN2CCC(N)C2)s1. The van der Waals surface area contributed by atoms with Gasteiger partial charge >= 0.3 is 0 Å². The lowest BCUT2D eigenvalue weighted by molar-refractivity contribution is 0.330. The van der Waals surface area contributed by atoms with Gasteiger partial charge in [-0.15, -0.1) is 11.3 Å². The molecule has 1 aromatic rings. The highest BCUT2D eigenvalue weighted by Gasteiger charge is 2.18. The summed E-state index contributed by atoms with van der Waals surface area (Å²) in [7, 11) is 0. The summed E-state index contributed by atoms with van der Waals surface area (Å²) in [6.45, 7) is 5.48. The minimum absolute atomic E-state index is 0.404. The van der Waals surface area contributed by atoms with Crippen molar-refractivity contribution >= 4 is 11.3 Å². The lowest BCUT2D eigenvalue weighted by atomic mass is 10.3. The van der Waals surface area contributed by atoms with E-state index in [1.54, 1.807) is 0 Å². The van der Waals surface area contributed by atoms with Crippen LogP contribution in [0.4, 0.5) is 0 Å². The third-order valence-electron chi connectivity index (χ3n) is 2.48. The average Bonchev–Trinajstić information content (AvgIpc) is 2.62. The topological polar surface area (TPSA) is 29.3 Å². The standard InChI is InChI=1S/C10H16N2S/c1-8-2-3-10(13-8)7-12-5-4-9(11)6-12/h2-3,9H,4-7,11H2,1H3. The summed E-state index contributed by atoms with van der Waals surface area (Å²) >= 11 is 1.89.